The molecular weight excluding hydrogens is 282 g/mol. The number of nitrogens with two attached hydrogens (primary N) is 1. The molecule has 0 saturated carbocycles. The summed E-state index contributed by atoms with van der Waals surface area (Å²) in [5.41, 5.74) is 8.37. The smallest absolute Gasteiger partial charge is 0.119 e. The molecule has 0 aliphatic heterocycles. The van der Waals surface area contributed by atoms with Gasteiger partial charge in [-0.25, -0.2) is 0 Å². The van der Waals surface area contributed by atoms with E-state index in [0.29, 0.717) is 6.54 Å². The predicted molar refractivity (Wildman–Crippen MR) is 86.1 cm³/mol. The van der Waals surface area contributed by atoms with Gasteiger partial charge in [0.25, 0.3) is 0 Å². The summed E-state index contributed by atoms with van der Waals surface area (Å²) in [5.74, 6) is 0.700. The van der Waals surface area contributed by atoms with Crippen LogP contribution in [0, 0.1) is 0 Å². The summed E-state index contributed by atoms with van der Waals surface area (Å²) in [6.07, 6.45) is 3.00. The quantitative estimate of drug-likeness (QED) is 0.892. The number of hydrogen-bond donors (Lipinski definition) is 2. The van der Waals surface area contributed by atoms with Gasteiger partial charge in [-0.3, -0.25) is 0 Å². The molecule has 0 radical (unpaired) electrons. The summed E-state index contributed by atoms with van der Waals surface area (Å²) < 4.78 is 5.26. The maximum absolute atomic E-state index is 10.7. The number of aliphatic hydroxyl groups excluding tert-OH is 1. The maximum atomic E-state index is 10.7. The standard InChI is InChI=1S/C17H21NO2S/c1-20-13-6-2-4-11(8-13)14(10-18)17(19)16-9-12-5-3-7-15(12)21-16/h2,4,6,8-9,14,17,19H,3,5,7,10,18H2,1H3. The zero-order chi connectivity index (χ0) is 14.8. The molecule has 1 aromatic heterocycles. The Labute approximate surface area is 129 Å². The topological polar surface area (TPSA) is 55.5 Å². The Kier molecular flexibility index (Phi) is 4.29. The van der Waals surface area contributed by atoms with Gasteiger partial charge >= 0.3 is 0 Å². The van der Waals surface area contributed by atoms with Crippen LogP contribution in [0.3, 0.4) is 0 Å². The van der Waals surface area contributed by atoms with Crippen LogP contribution >= 0.6 is 11.3 Å². The lowest BCUT2D eigenvalue weighted by Crippen LogP contribution is -2.19. The third kappa shape index (κ3) is 2.84. The molecular formula is C17H21NO2S. The Morgan fingerprint density at radius 2 is 2.19 bits per heavy atom. The van der Waals surface area contributed by atoms with Gasteiger partial charge in [0.1, 0.15) is 5.75 Å². The van der Waals surface area contributed by atoms with E-state index in [2.05, 4.69) is 6.07 Å². The van der Waals surface area contributed by atoms with E-state index in [9.17, 15) is 5.11 Å². The van der Waals surface area contributed by atoms with E-state index in [4.69, 9.17) is 10.5 Å². The van der Waals surface area contributed by atoms with Gasteiger partial charge in [0.2, 0.25) is 0 Å². The minimum Gasteiger partial charge on any atom is -0.497 e. The van der Waals surface area contributed by atoms with Gasteiger partial charge in [-0.05, 0) is 48.6 Å². The molecule has 3 N–H and O–H groups in total. The normalized spacial score (nSPS) is 16.5. The number of benzene rings is 1. The Morgan fingerprint density at radius 3 is 2.90 bits per heavy atom. The van der Waals surface area contributed by atoms with Crippen molar-refractivity contribution < 1.29 is 9.84 Å². The van der Waals surface area contributed by atoms with Crippen molar-refractivity contribution in [3.05, 3.63) is 51.2 Å². The van der Waals surface area contributed by atoms with E-state index in [1.165, 1.54) is 16.9 Å². The summed E-state index contributed by atoms with van der Waals surface area (Å²) in [6, 6.07) is 9.98. The SMILES string of the molecule is COc1cccc(C(CN)C(O)c2cc3c(s2)CCC3)c1. The minimum atomic E-state index is -0.544. The zero-order valence-corrected chi connectivity index (χ0v) is 13.0. The van der Waals surface area contributed by atoms with E-state index in [1.807, 2.05) is 24.3 Å². The van der Waals surface area contributed by atoms with Crippen LogP contribution in [0.1, 0.15) is 39.3 Å². The number of ether oxygens (including phenoxy) is 1. The summed E-state index contributed by atoms with van der Waals surface area (Å²) in [6.45, 7) is 0.414. The number of fused-ring (bicyclic) bond motifs is 1. The Balaban J connectivity index is 1.87. The summed E-state index contributed by atoms with van der Waals surface area (Å²) in [5, 5.41) is 10.7. The second-order valence-corrected chi connectivity index (χ2v) is 6.68. The number of aliphatic hydroxyl groups is 1. The first-order valence-electron chi connectivity index (χ1n) is 7.36. The molecule has 0 amide bonds. The average Bonchev–Trinajstić information content (AvgIpc) is 3.09. The maximum Gasteiger partial charge on any atom is 0.119 e. The van der Waals surface area contributed by atoms with Crippen LogP contribution in [0.25, 0.3) is 0 Å². The van der Waals surface area contributed by atoms with Crippen molar-refractivity contribution in [3.8, 4) is 5.75 Å². The van der Waals surface area contributed by atoms with Gasteiger partial charge in [-0.1, -0.05) is 12.1 Å². The highest BCUT2D eigenvalue weighted by Crippen LogP contribution is 2.39. The van der Waals surface area contributed by atoms with Crippen LogP contribution < -0.4 is 10.5 Å². The molecule has 1 aliphatic carbocycles. The van der Waals surface area contributed by atoms with Crippen LogP contribution in [0.15, 0.2) is 30.3 Å². The lowest BCUT2D eigenvalue weighted by atomic mass is 9.92. The first-order valence-corrected chi connectivity index (χ1v) is 8.18. The largest absolute Gasteiger partial charge is 0.497 e. The molecule has 1 aliphatic rings. The van der Waals surface area contributed by atoms with Gasteiger partial charge in [0, 0.05) is 22.2 Å². The molecule has 3 nitrogen and oxygen atoms in total. The van der Waals surface area contributed by atoms with Crippen LogP contribution in [-0.2, 0) is 12.8 Å². The van der Waals surface area contributed by atoms with Crippen molar-refractivity contribution in [1.29, 1.82) is 0 Å². The minimum absolute atomic E-state index is 0.0983. The predicted octanol–water partition coefficient (Wildman–Crippen LogP) is 3.02. The third-order valence-electron chi connectivity index (χ3n) is 4.21. The summed E-state index contributed by atoms with van der Waals surface area (Å²) in [4.78, 5) is 2.48. The Hall–Kier alpha value is -1.36. The van der Waals surface area contributed by atoms with Crippen molar-refractivity contribution >= 4 is 11.3 Å². The number of rotatable bonds is 5. The number of hydrogen-bond acceptors (Lipinski definition) is 4. The molecule has 2 unspecified atom stereocenters. The average molecular weight is 303 g/mol. The molecule has 1 aromatic carbocycles. The van der Waals surface area contributed by atoms with E-state index in [0.717, 1.165) is 29.0 Å². The van der Waals surface area contributed by atoms with Gasteiger partial charge in [-0.2, -0.15) is 0 Å². The fraction of sp³-hybridized carbons (Fsp3) is 0.412. The zero-order valence-electron chi connectivity index (χ0n) is 12.2. The fourth-order valence-electron chi connectivity index (χ4n) is 3.02. The summed E-state index contributed by atoms with van der Waals surface area (Å²) >= 11 is 1.74. The first-order chi connectivity index (χ1) is 10.2. The lowest BCUT2D eigenvalue weighted by molar-refractivity contribution is 0.151. The lowest BCUT2D eigenvalue weighted by Gasteiger charge is -2.21. The van der Waals surface area contributed by atoms with Crippen LogP contribution in [0.5, 0.6) is 5.75 Å². The molecule has 112 valence electrons. The molecule has 0 bridgehead atoms. The first kappa shape index (κ1) is 14.6. The molecule has 4 heteroatoms. The molecule has 2 atom stereocenters. The number of methoxy groups -OCH3 is 1. The highest BCUT2D eigenvalue weighted by atomic mass is 32.1. The van der Waals surface area contributed by atoms with Gasteiger partial charge in [0.15, 0.2) is 0 Å². The number of thiophene rings is 1. The van der Waals surface area contributed by atoms with E-state index >= 15 is 0 Å². The molecule has 0 spiro atoms. The summed E-state index contributed by atoms with van der Waals surface area (Å²) in [7, 11) is 1.65. The second kappa shape index (κ2) is 6.18. The van der Waals surface area contributed by atoms with Gasteiger partial charge in [-0.15, -0.1) is 11.3 Å². The molecule has 2 aromatic rings. The number of aryl methyl sites for hydroxylation is 2. The van der Waals surface area contributed by atoms with Crippen molar-refractivity contribution in [1.82, 2.24) is 0 Å². The molecule has 21 heavy (non-hydrogen) atoms. The van der Waals surface area contributed by atoms with Crippen LogP contribution in [0.2, 0.25) is 0 Å². The van der Waals surface area contributed by atoms with Crippen molar-refractivity contribution in [2.75, 3.05) is 13.7 Å². The van der Waals surface area contributed by atoms with Crippen LogP contribution in [0.4, 0.5) is 0 Å². The van der Waals surface area contributed by atoms with Crippen molar-refractivity contribution in [2.24, 2.45) is 5.73 Å². The Morgan fingerprint density at radius 1 is 1.33 bits per heavy atom. The van der Waals surface area contributed by atoms with E-state index < -0.39 is 6.10 Å². The molecule has 0 fully saturated rings. The second-order valence-electron chi connectivity index (χ2n) is 5.51. The van der Waals surface area contributed by atoms with Crippen LogP contribution in [-0.4, -0.2) is 18.8 Å². The highest BCUT2D eigenvalue weighted by Gasteiger charge is 2.26. The van der Waals surface area contributed by atoms with Gasteiger partial charge < -0.3 is 15.6 Å². The van der Waals surface area contributed by atoms with E-state index in [1.54, 1.807) is 18.4 Å². The Bertz CT molecular complexity index is 602. The van der Waals surface area contributed by atoms with Crippen molar-refractivity contribution in [3.63, 3.8) is 0 Å². The molecule has 3 rings (SSSR count). The third-order valence-corrected chi connectivity index (χ3v) is 5.52. The van der Waals surface area contributed by atoms with Gasteiger partial charge in [0.05, 0.1) is 13.2 Å². The fourth-order valence-corrected chi connectivity index (χ4v) is 4.32. The monoisotopic (exact) mass is 303 g/mol. The van der Waals surface area contributed by atoms with Crippen molar-refractivity contribution in [2.45, 2.75) is 31.3 Å². The highest BCUT2D eigenvalue weighted by molar-refractivity contribution is 7.12. The van der Waals surface area contributed by atoms with E-state index in [-0.39, 0.29) is 5.92 Å². The molecule has 0 saturated heterocycles. The molecule has 1 heterocycles.